The third kappa shape index (κ3) is 22.5. The first-order valence-electron chi connectivity index (χ1n) is 1.46. The monoisotopic (exact) mass is 318 g/mol. The zero-order valence-electron chi connectivity index (χ0n) is 4.86. The molecule has 0 aliphatic heterocycles. The standard InChI is InChI=1S/2Cu.H4O7P2.H2O/c;;1-8(2,3)7-9(4,5)6;/h;;(H2,1,2,3)(H2,4,5,6);1H2/q2*+2;;/p-4. The summed E-state index contributed by atoms with van der Waals surface area (Å²) in [5.41, 5.74) is 0. The van der Waals surface area contributed by atoms with Crippen LogP contribution in [0.4, 0.5) is 0 Å². The largest absolute Gasteiger partial charge is 2.00 e. The average molecular weight is 319 g/mol. The summed E-state index contributed by atoms with van der Waals surface area (Å²) >= 11 is 0. The van der Waals surface area contributed by atoms with Gasteiger partial charge < -0.3 is 38.5 Å². The van der Waals surface area contributed by atoms with Crippen LogP contribution in [0.5, 0.6) is 0 Å². The van der Waals surface area contributed by atoms with Crippen molar-refractivity contribution in [3.63, 3.8) is 0 Å². The number of rotatable bonds is 2. The van der Waals surface area contributed by atoms with Crippen LogP contribution in [-0.2, 0) is 47.6 Å². The minimum atomic E-state index is -5.68. The van der Waals surface area contributed by atoms with Crippen LogP contribution >= 0.6 is 15.6 Å². The van der Waals surface area contributed by atoms with Crippen LogP contribution in [0.3, 0.4) is 0 Å². The van der Waals surface area contributed by atoms with Gasteiger partial charge in [-0.3, -0.25) is 0 Å². The molecule has 0 amide bonds. The third-order valence-corrected chi connectivity index (χ3v) is 1.80. The molecule has 2 radical (unpaired) electrons. The van der Waals surface area contributed by atoms with Crippen LogP contribution in [0.25, 0.3) is 0 Å². The van der Waals surface area contributed by atoms with Gasteiger partial charge in [-0.25, -0.2) is 0 Å². The van der Waals surface area contributed by atoms with Gasteiger partial charge in [-0.15, -0.1) is 0 Å². The van der Waals surface area contributed by atoms with Gasteiger partial charge in [-0.2, -0.15) is 0 Å². The maximum atomic E-state index is 9.32. The fourth-order valence-electron chi connectivity index (χ4n) is 0.122. The van der Waals surface area contributed by atoms with Crippen LogP contribution in [0.1, 0.15) is 0 Å². The Morgan fingerprint density at radius 3 is 1.00 bits per heavy atom. The van der Waals surface area contributed by atoms with Crippen LogP contribution in [0, 0.1) is 0 Å². The SMILES string of the molecule is O.O=P([O-])([O-])OP(=O)([O-])[O-].[Cu+2].[Cu+2]. The van der Waals surface area contributed by atoms with Crippen molar-refractivity contribution in [3.8, 4) is 0 Å². The summed E-state index contributed by atoms with van der Waals surface area (Å²) in [5.74, 6) is 0. The van der Waals surface area contributed by atoms with Crippen LogP contribution < -0.4 is 19.6 Å². The Morgan fingerprint density at radius 2 is 1.00 bits per heavy atom. The Bertz CT molecular complexity index is 155. The summed E-state index contributed by atoms with van der Waals surface area (Å²) in [6.45, 7) is 0. The zero-order valence-corrected chi connectivity index (χ0v) is 8.53. The zero-order chi connectivity index (χ0) is 7.71. The second kappa shape index (κ2) is 7.64. The van der Waals surface area contributed by atoms with Gasteiger partial charge in [0.15, 0.2) is 0 Å². The molecular weight excluding hydrogens is 317 g/mol. The first-order valence-corrected chi connectivity index (χ1v) is 4.38. The Morgan fingerprint density at radius 1 is 0.833 bits per heavy atom. The smallest absolute Gasteiger partial charge is 0.790 e. The van der Waals surface area contributed by atoms with E-state index in [1.807, 2.05) is 0 Å². The molecule has 12 heavy (non-hydrogen) atoms. The summed E-state index contributed by atoms with van der Waals surface area (Å²) in [7, 11) is -11.4. The molecule has 0 aromatic carbocycles. The van der Waals surface area contributed by atoms with Crippen LogP contribution in [0.15, 0.2) is 0 Å². The van der Waals surface area contributed by atoms with Crippen molar-refractivity contribution in [2.24, 2.45) is 0 Å². The molecule has 0 fully saturated rings. The Balaban J connectivity index is -0.000000107. The molecule has 0 aliphatic carbocycles. The van der Waals surface area contributed by atoms with Gasteiger partial charge in [0.1, 0.15) is 0 Å². The molecule has 0 atom stereocenters. The topological polar surface area (TPSA) is 167 Å². The van der Waals surface area contributed by atoms with Crippen molar-refractivity contribution < 1.29 is 72.6 Å². The van der Waals surface area contributed by atoms with E-state index in [-0.39, 0.29) is 39.6 Å². The van der Waals surface area contributed by atoms with Crippen molar-refractivity contribution in [3.05, 3.63) is 0 Å². The van der Waals surface area contributed by atoms with Gasteiger partial charge in [0, 0.05) is 0 Å². The normalized spacial score (nSPS) is 10.3. The van der Waals surface area contributed by atoms with Crippen LogP contribution in [0.2, 0.25) is 0 Å². The molecule has 0 unspecified atom stereocenters. The fraction of sp³-hybridized carbons (Fsp3) is 0. The third-order valence-electron chi connectivity index (χ3n) is 0.200. The maximum Gasteiger partial charge on any atom is 2.00 e. The first kappa shape index (κ1) is 23.2. The van der Waals surface area contributed by atoms with E-state index in [1.165, 1.54) is 0 Å². The Labute approximate surface area is 88.4 Å². The number of phosphoric acid groups is 2. The predicted molar refractivity (Wildman–Crippen MR) is 19.9 cm³/mol. The van der Waals surface area contributed by atoms with E-state index >= 15 is 0 Å². The average Bonchev–Trinajstić information content (AvgIpc) is 1.14. The van der Waals surface area contributed by atoms with Crippen LogP contribution in [-0.4, -0.2) is 5.48 Å². The van der Waals surface area contributed by atoms with E-state index in [0.29, 0.717) is 0 Å². The summed E-state index contributed by atoms with van der Waals surface area (Å²) in [4.78, 5) is 37.3. The van der Waals surface area contributed by atoms with E-state index in [0.717, 1.165) is 0 Å². The second-order valence-corrected chi connectivity index (χ2v) is 3.42. The summed E-state index contributed by atoms with van der Waals surface area (Å²) in [6.07, 6.45) is 0. The van der Waals surface area contributed by atoms with Crippen molar-refractivity contribution in [2.75, 3.05) is 0 Å². The van der Waals surface area contributed by atoms with Gasteiger partial charge in [-0.1, -0.05) is 0 Å². The summed E-state index contributed by atoms with van der Waals surface area (Å²) in [5, 5.41) is 0. The minimum Gasteiger partial charge on any atom is -0.790 e. The van der Waals surface area contributed by atoms with Gasteiger partial charge >= 0.3 is 34.1 Å². The molecule has 82 valence electrons. The molecule has 8 nitrogen and oxygen atoms in total. The second-order valence-electron chi connectivity index (χ2n) is 0.976. The van der Waals surface area contributed by atoms with E-state index in [2.05, 4.69) is 4.31 Å². The van der Waals surface area contributed by atoms with Gasteiger partial charge in [0.05, 0.1) is 15.6 Å². The van der Waals surface area contributed by atoms with Crippen molar-refractivity contribution in [1.82, 2.24) is 0 Å². The number of hydrogen-bond acceptors (Lipinski definition) is 7. The Hall–Kier alpha value is 1.26. The van der Waals surface area contributed by atoms with Crippen molar-refractivity contribution in [1.29, 1.82) is 0 Å². The Kier molecular flexibility index (Phi) is 14.8. The molecular formula is H2Cu2O8P2. The molecule has 0 saturated carbocycles. The fourth-order valence-corrected chi connectivity index (χ4v) is 1.10. The molecule has 0 aliphatic rings. The number of hydrogen-bond donors (Lipinski definition) is 0. The summed E-state index contributed by atoms with van der Waals surface area (Å²) < 4.78 is 21.2. The minimum absolute atomic E-state index is 0. The first-order chi connectivity index (χ1) is 3.71. The van der Waals surface area contributed by atoms with Gasteiger partial charge in [0.2, 0.25) is 0 Å². The van der Waals surface area contributed by atoms with Gasteiger partial charge in [0.25, 0.3) is 0 Å². The molecule has 0 saturated heterocycles. The van der Waals surface area contributed by atoms with Crippen molar-refractivity contribution in [2.45, 2.75) is 0 Å². The molecule has 0 spiro atoms. The predicted octanol–water partition coefficient (Wildman–Crippen LogP) is -4.17. The molecule has 0 aromatic rings. The van der Waals surface area contributed by atoms with Crippen molar-refractivity contribution >= 4 is 15.6 Å². The molecule has 12 heteroatoms. The molecule has 0 bridgehead atoms. The van der Waals surface area contributed by atoms with E-state index < -0.39 is 15.6 Å². The van der Waals surface area contributed by atoms with E-state index in [1.54, 1.807) is 0 Å². The van der Waals surface area contributed by atoms with E-state index in [4.69, 9.17) is 0 Å². The molecule has 0 heterocycles. The van der Waals surface area contributed by atoms with E-state index in [9.17, 15) is 28.7 Å². The van der Waals surface area contributed by atoms with Gasteiger partial charge in [-0.05, 0) is 0 Å². The molecule has 0 aromatic heterocycles. The quantitative estimate of drug-likeness (QED) is 0.367. The maximum absolute atomic E-state index is 9.32. The molecule has 2 N–H and O–H groups in total. The molecule has 0 rings (SSSR count). The summed E-state index contributed by atoms with van der Waals surface area (Å²) in [6, 6.07) is 0.